The number of rotatable bonds is 69. The third kappa shape index (κ3) is 54.7. The highest BCUT2D eigenvalue weighted by Crippen LogP contribution is 2.24. The molecular weight excluding hydrogens is 1090 g/mol. The molecule has 1 aliphatic rings. The molecule has 87 heavy (non-hydrogen) atoms. The van der Waals surface area contributed by atoms with E-state index in [1.54, 1.807) is 6.08 Å². The first kappa shape index (κ1) is 83.4. The van der Waals surface area contributed by atoms with Crippen LogP contribution >= 0.6 is 0 Å². The van der Waals surface area contributed by atoms with Gasteiger partial charge in [0.2, 0.25) is 5.91 Å². The molecule has 0 aromatic carbocycles. The van der Waals surface area contributed by atoms with Crippen LogP contribution in [0.1, 0.15) is 399 Å². The summed E-state index contributed by atoms with van der Waals surface area (Å²) in [6, 6.07) is -0.803. The van der Waals surface area contributed by atoms with Crippen molar-refractivity contribution in [2.24, 2.45) is 0 Å². The van der Waals surface area contributed by atoms with Crippen molar-refractivity contribution < 1.29 is 49.3 Å². The highest BCUT2D eigenvalue weighted by molar-refractivity contribution is 5.76. The van der Waals surface area contributed by atoms with Crippen LogP contribution in [0.3, 0.4) is 0 Å². The van der Waals surface area contributed by atoms with Crippen LogP contribution in [0.25, 0.3) is 0 Å². The minimum absolute atomic E-state index is 0.0188. The molecule has 7 atom stereocenters. The van der Waals surface area contributed by atoms with Crippen LogP contribution in [0, 0.1) is 0 Å². The van der Waals surface area contributed by atoms with Gasteiger partial charge in [-0.15, -0.1) is 0 Å². The molecule has 1 rings (SSSR count). The third-order valence-electron chi connectivity index (χ3n) is 18.7. The first-order valence-corrected chi connectivity index (χ1v) is 38.5. The number of aliphatic hydroxyl groups excluding tert-OH is 5. The molecule has 1 heterocycles. The summed E-state index contributed by atoms with van der Waals surface area (Å²) in [5, 5.41) is 54.3. The number of unbranched alkanes of at least 4 members (excludes halogenated alkanes) is 55. The Hall–Kier alpha value is -1.60. The summed E-state index contributed by atoms with van der Waals surface area (Å²) < 4.78 is 16.7. The molecule has 11 heteroatoms. The summed E-state index contributed by atoms with van der Waals surface area (Å²) >= 11 is 0. The summed E-state index contributed by atoms with van der Waals surface area (Å²) in [6.07, 6.45) is 72.7. The molecule has 1 amide bonds. The van der Waals surface area contributed by atoms with Gasteiger partial charge >= 0.3 is 5.97 Å². The highest BCUT2D eigenvalue weighted by atomic mass is 16.7. The molecule has 11 nitrogen and oxygen atoms in total. The first-order valence-electron chi connectivity index (χ1n) is 38.5. The Kier molecular flexibility index (Phi) is 63.2. The Morgan fingerprint density at radius 1 is 0.414 bits per heavy atom. The number of carbonyl (C=O) groups excluding carboxylic acids is 2. The van der Waals surface area contributed by atoms with Crippen molar-refractivity contribution in [3.63, 3.8) is 0 Å². The number of allylic oxidation sites excluding steroid dienone is 1. The van der Waals surface area contributed by atoms with Crippen LogP contribution in [0.4, 0.5) is 0 Å². The number of hydrogen-bond acceptors (Lipinski definition) is 10. The maximum atomic E-state index is 13.0. The minimum atomic E-state index is -1.57. The number of hydrogen-bond donors (Lipinski definition) is 6. The zero-order valence-corrected chi connectivity index (χ0v) is 57.5. The Morgan fingerprint density at radius 3 is 1.07 bits per heavy atom. The summed E-state index contributed by atoms with van der Waals surface area (Å²) in [5.41, 5.74) is 0. The van der Waals surface area contributed by atoms with Crippen molar-refractivity contribution in [3.05, 3.63) is 12.2 Å². The Morgan fingerprint density at radius 2 is 0.724 bits per heavy atom. The molecule has 516 valence electrons. The average Bonchev–Trinajstić information content (AvgIpc) is 2.97. The Bertz CT molecular complexity index is 1450. The van der Waals surface area contributed by atoms with E-state index in [1.165, 1.54) is 321 Å². The predicted molar refractivity (Wildman–Crippen MR) is 366 cm³/mol. The molecule has 0 spiro atoms. The van der Waals surface area contributed by atoms with Crippen LogP contribution in [-0.4, -0.2) is 100 Å². The van der Waals surface area contributed by atoms with Gasteiger partial charge in [0.05, 0.1) is 32.0 Å². The lowest BCUT2D eigenvalue weighted by Crippen LogP contribution is -2.60. The fourth-order valence-electron chi connectivity index (χ4n) is 12.6. The van der Waals surface area contributed by atoms with Gasteiger partial charge in [-0.05, 0) is 32.1 Å². The van der Waals surface area contributed by atoms with Crippen molar-refractivity contribution in [2.45, 2.75) is 442 Å². The van der Waals surface area contributed by atoms with E-state index < -0.39 is 49.5 Å². The van der Waals surface area contributed by atoms with Gasteiger partial charge in [-0.25, -0.2) is 0 Å². The number of carbonyl (C=O) groups is 2. The highest BCUT2D eigenvalue weighted by Gasteiger charge is 2.44. The quantitative estimate of drug-likeness (QED) is 0.0195. The third-order valence-corrected chi connectivity index (χ3v) is 18.7. The van der Waals surface area contributed by atoms with Gasteiger partial charge in [0.15, 0.2) is 6.29 Å². The van der Waals surface area contributed by atoms with E-state index in [9.17, 15) is 35.1 Å². The molecule has 0 aliphatic carbocycles. The predicted octanol–water partition coefficient (Wildman–Crippen LogP) is 20.2. The number of aliphatic hydroxyl groups is 5. The summed E-state index contributed by atoms with van der Waals surface area (Å²) in [5.74, 6) is -0.157. The zero-order valence-electron chi connectivity index (χ0n) is 57.5. The van der Waals surface area contributed by atoms with E-state index in [0.29, 0.717) is 19.4 Å². The lowest BCUT2D eigenvalue weighted by molar-refractivity contribution is -0.302. The van der Waals surface area contributed by atoms with E-state index in [2.05, 4.69) is 19.2 Å². The summed E-state index contributed by atoms with van der Waals surface area (Å²) in [7, 11) is 0. The van der Waals surface area contributed by atoms with E-state index in [-0.39, 0.29) is 18.5 Å². The molecule has 0 radical (unpaired) electrons. The molecule has 1 aliphatic heterocycles. The molecule has 0 aromatic heterocycles. The van der Waals surface area contributed by atoms with Crippen molar-refractivity contribution in [1.82, 2.24) is 5.32 Å². The lowest BCUT2D eigenvalue weighted by atomic mass is 9.99. The fraction of sp³-hybridized carbons (Fsp3) is 0.947. The van der Waals surface area contributed by atoms with Gasteiger partial charge in [0.25, 0.3) is 0 Å². The second kappa shape index (κ2) is 65.9. The van der Waals surface area contributed by atoms with Crippen LogP contribution in [0.5, 0.6) is 0 Å². The first-order chi connectivity index (χ1) is 42.7. The van der Waals surface area contributed by atoms with Gasteiger partial charge in [-0.2, -0.15) is 0 Å². The standard InChI is InChI=1S/C76H147NO10/c1-3-5-7-9-11-13-43-48-52-56-60-64-72(81)85-65-61-57-53-49-45-42-40-38-36-34-32-30-28-26-24-22-20-18-16-14-15-17-19-21-23-25-27-29-31-33-35-37-39-41-44-47-51-55-59-63-71(80)77-68(69(79)62-58-54-50-46-12-10-8-6-4-2)67-86-76-75(84)74(83)73(82)70(66-78)87-76/h58,62,68-70,73-76,78-79,82-84H,3-57,59-61,63-67H2,1-2H3,(H,77,80)/b62-58+. The molecule has 1 fully saturated rings. The molecule has 0 saturated carbocycles. The molecule has 6 N–H and O–H groups in total. The van der Waals surface area contributed by atoms with Crippen LogP contribution < -0.4 is 5.32 Å². The van der Waals surface area contributed by atoms with Crippen molar-refractivity contribution in [2.75, 3.05) is 19.8 Å². The molecular formula is C76H147NO10. The summed E-state index contributed by atoms with van der Waals surface area (Å²) in [4.78, 5) is 25.0. The lowest BCUT2D eigenvalue weighted by Gasteiger charge is -2.40. The van der Waals surface area contributed by atoms with Gasteiger partial charge in [0, 0.05) is 12.8 Å². The van der Waals surface area contributed by atoms with Crippen molar-refractivity contribution in [1.29, 1.82) is 0 Å². The van der Waals surface area contributed by atoms with Crippen LogP contribution in [-0.2, 0) is 23.8 Å². The van der Waals surface area contributed by atoms with E-state index in [1.807, 2.05) is 6.08 Å². The second-order valence-corrected chi connectivity index (χ2v) is 27.1. The maximum absolute atomic E-state index is 13.0. The average molecular weight is 1240 g/mol. The normalized spacial score (nSPS) is 17.8. The van der Waals surface area contributed by atoms with Gasteiger partial charge in [-0.1, -0.05) is 366 Å². The Labute approximate surface area is 538 Å². The summed E-state index contributed by atoms with van der Waals surface area (Å²) in [6.45, 7) is 4.36. The zero-order chi connectivity index (χ0) is 63.0. The number of esters is 1. The van der Waals surface area contributed by atoms with E-state index >= 15 is 0 Å². The fourth-order valence-corrected chi connectivity index (χ4v) is 12.6. The second-order valence-electron chi connectivity index (χ2n) is 27.1. The van der Waals surface area contributed by atoms with Crippen molar-refractivity contribution in [3.8, 4) is 0 Å². The van der Waals surface area contributed by atoms with Gasteiger partial charge in [0.1, 0.15) is 24.4 Å². The van der Waals surface area contributed by atoms with E-state index in [4.69, 9.17) is 14.2 Å². The monoisotopic (exact) mass is 1230 g/mol. The Balaban J connectivity index is 1.84. The maximum Gasteiger partial charge on any atom is 0.305 e. The number of ether oxygens (including phenoxy) is 3. The van der Waals surface area contributed by atoms with Crippen LogP contribution in [0.15, 0.2) is 12.2 Å². The van der Waals surface area contributed by atoms with Gasteiger partial charge in [-0.3, -0.25) is 9.59 Å². The smallest absolute Gasteiger partial charge is 0.305 e. The molecule has 0 bridgehead atoms. The minimum Gasteiger partial charge on any atom is -0.466 e. The molecule has 7 unspecified atom stereocenters. The molecule has 1 saturated heterocycles. The van der Waals surface area contributed by atoms with E-state index in [0.717, 1.165) is 51.4 Å². The topological polar surface area (TPSA) is 175 Å². The SMILES string of the molecule is CCCCCCCCC/C=C/C(O)C(COC1OC(CO)C(O)C(O)C1O)NC(=O)CCCCCCCCCCCCCCCCCCCCCCCCCCCCCCCCCCCCCCCCCOC(=O)CCCCCCCCCCCCC. The number of amides is 1. The molecule has 0 aromatic rings. The number of nitrogens with one attached hydrogen (secondary N) is 1. The van der Waals surface area contributed by atoms with Crippen molar-refractivity contribution >= 4 is 11.9 Å². The van der Waals surface area contributed by atoms with Crippen LogP contribution in [0.2, 0.25) is 0 Å². The largest absolute Gasteiger partial charge is 0.466 e. The van der Waals surface area contributed by atoms with Gasteiger partial charge < -0.3 is 45.1 Å².